The van der Waals surface area contributed by atoms with E-state index in [9.17, 15) is 64.3 Å². The van der Waals surface area contributed by atoms with Crippen LogP contribution >= 0.6 is 0 Å². The van der Waals surface area contributed by atoms with Crippen molar-refractivity contribution in [3.05, 3.63) is 141 Å². The van der Waals surface area contributed by atoms with Crippen molar-refractivity contribution in [2.75, 3.05) is 28.8 Å². The Balaban J connectivity index is 0.798. The number of unbranched alkanes of at least 4 members (excludes halogenated alkanes) is 1. The van der Waals surface area contributed by atoms with Gasteiger partial charge in [-0.05, 0) is 159 Å². The molecule has 0 spiro atoms. The van der Waals surface area contributed by atoms with Crippen LogP contribution in [0.15, 0.2) is 91.0 Å². The Hall–Kier alpha value is -8.32. The van der Waals surface area contributed by atoms with Crippen molar-refractivity contribution < 1.29 is 78.5 Å². The number of nitrogens with zero attached hydrogens (tertiary/aromatic N) is 3. The highest BCUT2D eigenvalue weighted by molar-refractivity contribution is 7.87. The zero-order valence-electron chi connectivity index (χ0n) is 49.1. The average Bonchev–Trinajstić information content (AvgIpc) is 1.64. The van der Waals surface area contributed by atoms with Crippen LogP contribution in [0.4, 0.5) is 17.1 Å². The maximum Gasteiger partial charge on any atom is 0.277 e. The van der Waals surface area contributed by atoms with E-state index in [1.165, 1.54) is 18.9 Å². The van der Waals surface area contributed by atoms with E-state index >= 15 is 0 Å². The Morgan fingerprint density at radius 1 is 0.670 bits per heavy atom. The van der Waals surface area contributed by atoms with Crippen LogP contribution in [0, 0.1) is 12.8 Å². The maximum absolute atomic E-state index is 14.3. The van der Waals surface area contributed by atoms with E-state index in [0.717, 1.165) is 40.1 Å². The average molecular weight is 1240 g/mol. The molecule has 88 heavy (non-hydrogen) atoms. The van der Waals surface area contributed by atoms with Gasteiger partial charge in [-0.1, -0.05) is 43.3 Å². The zero-order valence-corrected chi connectivity index (χ0v) is 50.7. The number of hydrogen-bond donors (Lipinski definition) is 4. The molecular formula is C64H69N5O17S2. The minimum atomic E-state index is -4.74. The first-order valence-corrected chi connectivity index (χ1v) is 32.3. The van der Waals surface area contributed by atoms with E-state index in [2.05, 4.69) is 10.6 Å². The lowest BCUT2D eigenvalue weighted by Gasteiger charge is -2.27. The number of anilines is 3. The molecule has 22 nitrogen and oxygen atoms in total. The predicted molar refractivity (Wildman–Crippen MR) is 323 cm³/mol. The summed E-state index contributed by atoms with van der Waals surface area (Å²) in [6.45, 7) is 4.54. The molecular weight excluding hydrogens is 1170 g/mol. The molecule has 464 valence electrons. The minimum absolute atomic E-state index is 0.00119. The summed E-state index contributed by atoms with van der Waals surface area (Å²) in [5.41, 5.74) is 7.45. The highest BCUT2D eigenvalue weighted by Gasteiger charge is 2.48. The monoisotopic (exact) mass is 1240 g/mol. The van der Waals surface area contributed by atoms with Gasteiger partial charge in [-0.3, -0.25) is 52.4 Å². The van der Waals surface area contributed by atoms with Crippen molar-refractivity contribution in [3.8, 4) is 17.2 Å². The number of ether oxygens (including phenoxy) is 3. The van der Waals surface area contributed by atoms with Gasteiger partial charge in [0, 0.05) is 72.4 Å². The largest absolute Gasteiger partial charge is 0.493 e. The Kier molecular flexibility index (Phi) is 18.4. The topological polar surface area (TPSA) is 307 Å². The van der Waals surface area contributed by atoms with Crippen LogP contribution in [0.2, 0.25) is 0 Å². The molecule has 0 radical (unpaired) electrons. The first-order valence-electron chi connectivity index (χ1n) is 29.3. The normalized spacial score (nSPS) is 19.3. The third-order valence-corrected chi connectivity index (χ3v) is 19.5. The number of nitrogens with one attached hydrogen (secondary N) is 2. The first-order chi connectivity index (χ1) is 41.9. The lowest BCUT2D eigenvalue weighted by Crippen LogP contribution is -2.47. The second-order valence-corrected chi connectivity index (χ2v) is 26.6. The van der Waals surface area contributed by atoms with Gasteiger partial charge in [0.25, 0.3) is 38.0 Å². The quantitative estimate of drug-likeness (QED) is 0.0274. The number of carbonyl (C=O) groups excluding carboxylic acids is 8. The summed E-state index contributed by atoms with van der Waals surface area (Å²) in [5, 5.41) is 2.42. The van der Waals surface area contributed by atoms with Crippen LogP contribution < -0.4 is 34.6 Å². The number of para-hydroxylation sites is 2. The van der Waals surface area contributed by atoms with Crippen LogP contribution in [0.3, 0.4) is 0 Å². The second-order valence-electron chi connectivity index (χ2n) is 23.4. The number of rotatable bonds is 24. The number of methoxy groups -OCH3 is 1. The van der Waals surface area contributed by atoms with E-state index < -0.39 is 90.5 Å². The number of Topliss-reactive ketones (excluding diaryl/α,β-unsaturated/α-hetero) is 2. The van der Waals surface area contributed by atoms with Crippen molar-refractivity contribution in [1.29, 1.82) is 0 Å². The molecule has 4 N–H and O–H groups in total. The fourth-order valence-electron chi connectivity index (χ4n) is 12.6. The third kappa shape index (κ3) is 13.5. The van der Waals surface area contributed by atoms with Gasteiger partial charge in [0.15, 0.2) is 22.5 Å². The van der Waals surface area contributed by atoms with Crippen LogP contribution in [0.25, 0.3) is 0 Å². The molecule has 24 heteroatoms. The predicted octanol–water partition coefficient (Wildman–Crippen LogP) is 7.03. The summed E-state index contributed by atoms with van der Waals surface area (Å²) in [6, 6.07) is 25.3. The second kappa shape index (κ2) is 25.8. The number of hydrogen-bond acceptors (Lipinski definition) is 15. The SMILES string of the molecule is COc1cc2c(cc1OCc1cc(COc3cc4c(cc3C)C(=O)N3c5ccccc5C[C@H]3C(S(=O)(=O)O)C4)cc(NC(=O)[C@H](C)CC(=O)[C@H](C)NC(=O)CCCCC(=O)CCCN3C(=O)CC(S(=O)(=O)O)C3=O)c1)CC[C@@H]1Cc3ccccc3N1C2=O. The molecule has 2 unspecified atom stereocenters. The van der Waals surface area contributed by atoms with Gasteiger partial charge in [0.2, 0.25) is 17.7 Å². The van der Waals surface area contributed by atoms with Crippen molar-refractivity contribution in [2.45, 2.75) is 146 Å². The van der Waals surface area contributed by atoms with Gasteiger partial charge in [0.05, 0.1) is 25.6 Å². The van der Waals surface area contributed by atoms with Crippen LogP contribution in [0.5, 0.6) is 17.2 Å². The number of benzene rings is 5. The van der Waals surface area contributed by atoms with Crippen LogP contribution in [-0.4, -0.2) is 120 Å². The number of fused-ring (bicyclic) bond motifs is 8. The summed E-state index contributed by atoms with van der Waals surface area (Å²) in [5.74, 6) is -3.65. The fraction of sp³-hybridized carbons (Fsp3) is 0.406. The van der Waals surface area contributed by atoms with E-state index in [1.807, 2.05) is 53.4 Å². The molecule has 5 heterocycles. The van der Waals surface area contributed by atoms with Crippen LogP contribution in [0.1, 0.15) is 131 Å². The van der Waals surface area contributed by atoms with Crippen molar-refractivity contribution in [2.24, 2.45) is 5.92 Å². The summed E-state index contributed by atoms with van der Waals surface area (Å²) < 4.78 is 87.5. The molecule has 6 amide bonds. The molecule has 0 aromatic heterocycles. The number of aryl methyl sites for hydroxylation is 2. The smallest absolute Gasteiger partial charge is 0.277 e. The molecule has 5 aliphatic heterocycles. The fourth-order valence-corrected chi connectivity index (χ4v) is 14.3. The van der Waals surface area contributed by atoms with E-state index in [1.54, 1.807) is 56.3 Å². The van der Waals surface area contributed by atoms with Gasteiger partial charge >= 0.3 is 0 Å². The summed E-state index contributed by atoms with van der Waals surface area (Å²) >= 11 is 0. The summed E-state index contributed by atoms with van der Waals surface area (Å²) in [4.78, 5) is 110. The third-order valence-electron chi connectivity index (χ3n) is 17.2. The summed E-state index contributed by atoms with van der Waals surface area (Å²) in [7, 11) is -7.90. The molecule has 1 saturated heterocycles. The molecule has 0 saturated carbocycles. The molecule has 10 rings (SSSR count). The number of amides is 6. The van der Waals surface area contributed by atoms with Gasteiger partial charge in [-0.15, -0.1) is 0 Å². The highest BCUT2D eigenvalue weighted by atomic mass is 32.2. The maximum atomic E-state index is 14.3. The van der Waals surface area contributed by atoms with Crippen molar-refractivity contribution >= 4 is 84.3 Å². The lowest BCUT2D eigenvalue weighted by molar-refractivity contribution is -0.138. The summed E-state index contributed by atoms with van der Waals surface area (Å²) in [6.07, 6.45) is 2.15. The zero-order chi connectivity index (χ0) is 62.9. The Bertz CT molecular complexity index is 3910. The number of likely N-dealkylation sites (tertiary alicyclic amines) is 1. The van der Waals surface area contributed by atoms with E-state index in [-0.39, 0.29) is 88.0 Å². The first kappa shape index (κ1) is 62.7. The Labute approximate surface area is 509 Å². The van der Waals surface area contributed by atoms with E-state index in [4.69, 9.17) is 14.2 Å². The number of imide groups is 1. The highest BCUT2D eigenvalue weighted by Crippen LogP contribution is 2.43. The number of ketones is 2. The standard InChI is InChI=1S/C64H69N5O17S2/c1-36-22-48-44(31-57(87(78,79)80)52-28-43-13-6-9-17-51(43)69(52)63(48)76)30-54(36)85-34-39-24-40(35-86-56-29-41-19-20-46-27-42-12-5-8-16-50(42)68(46)62(75)49(41)32-55(56)84-4)26-45(25-39)66-61(74)37(2)23-53(71)38(3)65-59(72)18-10-7-14-47(70)15-11-21-67-60(73)33-58(64(67)77)88(81,82)83/h5-6,8-9,12-13,16-17,22,24-26,29-30,32,37-38,46,52,57-58H,7,10-11,14-15,18-21,23,27-28,31,33-35H2,1-4H3,(H,65,72)(H,66,74)(H,78,79,80)(H,81,82,83)/t37-,38+,46-,52+,57?,58?/m1/s1. The van der Waals surface area contributed by atoms with Crippen molar-refractivity contribution in [3.63, 3.8) is 0 Å². The Morgan fingerprint density at radius 2 is 1.28 bits per heavy atom. The molecule has 1 fully saturated rings. The molecule has 5 aliphatic rings. The molecule has 5 aromatic rings. The van der Waals surface area contributed by atoms with Gasteiger partial charge in [-0.25, -0.2) is 0 Å². The Morgan fingerprint density at radius 3 is 1.95 bits per heavy atom. The minimum Gasteiger partial charge on any atom is -0.493 e. The molecule has 0 aliphatic carbocycles. The lowest BCUT2D eigenvalue weighted by atomic mass is 9.97. The van der Waals surface area contributed by atoms with E-state index in [0.29, 0.717) is 75.7 Å². The van der Waals surface area contributed by atoms with Gasteiger partial charge < -0.3 is 34.6 Å². The number of carbonyl (C=O) groups is 8. The molecule has 0 bridgehead atoms. The van der Waals surface area contributed by atoms with Crippen molar-refractivity contribution in [1.82, 2.24) is 10.2 Å². The van der Waals surface area contributed by atoms with Gasteiger partial charge in [0.1, 0.15) is 30.0 Å². The van der Waals surface area contributed by atoms with Crippen LogP contribution in [-0.2, 0) is 87.9 Å². The molecule has 6 atom stereocenters. The molecule has 5 aromatic carbocycles. The van der Waals surface area contributed by atoms with Gasteiger partial charge in [-0.2, -0.15) is 16.8 Å².